The minimum atomic E-state index is 0.626. The summed E-state index contributed by atoms with van der Waals surface area (Å²) >= 11 is 3.59. The average Bonchev–Trinajstić information content (AvgIpc) is 3.71. The molecule has 3 heterocycles. The first-order valence-corrected chi connectivity index (χ1v) is 17.7. The van der Waals surface area contributed by atoms with Gasteiger partial charge in [-0.3, -0.25) is 0 Å². The summed E-state index contributed by atoms with van der Waals surface area (Å²) in [6, 6.07) is 59.3. The fourth-order valence-electron chi connectivity index (χ4n) is 7.30. The Morgan fingerprint density at radius 1 is 0.333 bits per heavy atom. The van der Waals surface area contributed by atoms with E-state index in [0.717, 1.165) is 65.4 Å². The van der Waals surface area contributed by atoms with E-state index in [2.05, 4.69) is 171 Å². The van der Waals surface area contributed by atoms with Crippen LogP contribution in [0.2, 0.25) is 0 Å². The van der Waals surface area contributed by atoms with Crippen LogP contribution < -0.4 is 0 Å². The number of nitrogens with zero attached hydrogens (tertiary/aromatic N) is 5. The standard InChI is InChI=1S/C45H28BrN5/c46-32-23-19-29(20-24-32)43-47-44(30-21-25-41-37(27-30)35-15-7-9-17-39(35)50(41)33-11-3-1-4-12-33)49-45(48-43)31-22-26-42-38(28-31)36-16-8-10-18-40(36)51(42)34-13-5-2-6-14-34/h1-28H. The first-order chi connectivity index (χ1) is 25.2. The lowest BCUT2D eigenvalue weighted by Gasteiger charge is -2.10. The molecule has 0 fully saturated rings. The van der Waals surface area contributed by atoms with Gasteiger partial charge >= 0.3 is 0 Å². The minimum absolute atomic E-state index is 0.626. The van der Waals surface area contributed by atoms with Gasteiger partial charge in [0.1, 0.15) is 0 Å². The van der Waals surface area contributed by atoms with Crippen LogP contribution in [0.5, 0.6) is 0 Å². The average molecular weight is 719 g/mol. The van der Waals surface area contributed by atoms with Gasteiger partial charge in [-0.15, -0.1) is 0 Å². The molecule has 0 saturated heterocycles. The van der Waals surface area contributed by atoms with Crippen molar-refractivity contribution in [3.63, 3.8) is 0 Å². The molecule has 0 bridgehead atoms. The molecular weight excluding hydrogens is 690 g/mol. The molecule has 0 aliphatic rings. The van der Waals surface area contributed by atoms with Gasteiger partial charge in [0.15, 0.2) is 17.5 Å². The Hall–Kier alpha value is -6.37. The van der Waals surface area contributed by atoms with Gasteiger partial charge in [0, 0.05) is 54.1 Å². The van der Waals surface area contributed by atoms with Gasteiger partial charge in [-0.25, -0.2) is 15.0 Å². The summed E-state index contributed by atoms with van der Waals surface area (Å²) in [6.45, 7) is 0. The zero-order chi connectivity index (χ0) is 33.9. The highest BCUT2D eigenvalue weighted by atomic mass is 79.9. The van der Waals surface area contributed by atoms with Crippen LogP contribution in [-0.4, -0.2) is 24.1 Å². The van der Waals surface area contributed by atoms with E-state index in [-0.39, 0.29) is 0 Å². The largest absolute Gasteiger partial charge is 0.309 e. The monoisotopic (exact) mass is 717 g/mol. The van der Waals surface area contributed by atoms with Crippen LogP contribution in [-0.2, 0) is 0 Å². The van der Waals surface area contributed by atoms with Crippen LogP contribution >= 0.6 is 15.9 Å². The highest BCUT2D eigenvalue weighted by Crippen LogP contribution is 2.37. The zero-order valence-electron chi connectivity index (χ0n) is 27.3. The summed E-state index contributed by atoms with van der Waals surface area (Å²) in [7, 11) is 0. The van der Waals surface area contributed by atoms with Gasteiger partial charge in [-0.1, -0.05) is 101 Å². The Labute approximate surface area is 302 Å². The second-order valence-corrected chi connectivity index (χ2v) is 13.6. The van der Waals surface area contributed by atoms with Crippen LogP contribution in [0.25, 0.3) is 89.2 Å². The number of benzene rings is 7. The van der Waals surface area contributed by atoms with E-state index in [0.29, 0.717) is 17.5 Å². The van der Waals surface area contributed by atoms with Gasteiger partial charge in [0.25, 0.3) is 0 Å². The summed E-state index contributed by atoms with van der Waals surface area (Å²) in [5.41, 5.74) is 9.62. The zero-order valence-corrected chi connectivity index (χ0v) is 28.9. The van der Waals surface area contributed by atoms with Gasteiger partial charge in [0.2, 0.25) is 0 Å². The summed E-state index contributed by atoms with van der Waals surface area (Å²) in [4.78, 5) is 15.4. The number of aromatic nitrogens is 5. The maximum absolute atomic E-state index is 5.18. The summed E-state index contributed by atoms with van der Waals surface area (Å²) < 4.78 is 5.64. The fourth-order valence-corrected chi connectivity index (χ4v) is 7.56. The van der Waals surface area contributed by atoms with Crippen LogP contribution in [0.15, 0.2) is 174 Å². The lowest BCUT2D eigenvalue weighted by atomic mass is 10.1. The van der Waals surface area contributed by atoms with Gasteiger partial charge in [-0.05, 0) is 84.9 Å². The molecule has 0 saturated carbocycles. The van der Waals surface area contributed by atoms with E-state index in [1.54, 1.807) is 0 Å². The quantitative estimate of drug-likeness (QED) is 0.178. The van der Waals surface area contributed by atoms with E-state index in [1.165, 1.54) is 10.8 Å². The Morgan fingerprint density at radius 3 is 1.18 bits per heavy atom. The normalized spacial score (nSPS) is 11.6. The smallest absolute Gasteiger partial charge is 0.164 e. The molecule has 10 aromatic rings. The van der Waals surface area contributed by atoms with Crippen molar-refractivity contribution in [3.05, 3.63) is 174 Å². The molecule has 51 heavy (non-hydrogen) atoms. The molecule has 240 valence electrons. The second-order valence-electron chi connectivity index (χ2n) is 12.7. The molecule has 0 unspecified atom stereocenters. The van der Waals surface area contributed by atoms with E-state index in [9.17, 15) is 0 Å². The molecule has 0 atom stereocenters. The van der Waals surface area contributed by atoms with Crippen LogP contribution in [0.3, 0.4) is 0 Å². The summed E-state index contributed by atoms with van der Waals surface area (Å²) in [6.07, 6.45) is 0. The molecule has 0 aliphatic heterocycles. The van der Waals surface area contributed by atoms with E-state index < -0.39 is 0 Å². The highest BCUT2D eigenvalue weighted by molar-refractivity contribution is 9.10. The lowest BCUT2D eigenvalue weighted by molar-refractivity contribution is 1.07. The molecule has 0 N–H and O–H groups in total. The molecule has 7 aromatic carbocycles. The lowest BCUT2D eigenvalue weighted by Crippen LogP contribution is -2.00. The molecule has 0 radical (unpaired) electrons. The number of hydrogen-bond acceptors (Lipinski definition) is 3. The molecule has 0 amide bonds. The maximum Gasteiger partial charge on any atom is 0.164 e. The Balaban J connectivity index is 1.18. The molecule has 3 aromatic heterocycles. The molecular formula is C45H28BrN5. The van der Waals surface area contributed by atoms with Crippen LogP contribution in [0, 0.1) is 0 Å². The Bertz CT molecular complexity index is 2730. The number of rotatable bonds is 5. The molecule has 5 nitrogen and oxygen atoms in total. The van der Waals surface area contributed by atoms with Crippen LogP contribution in [0.4, 0.5) is 0 Å². The van der Waals surface area contributed by atoms with Gasteiger partial charge < -0.3 is 9.13 Å². The third-order valence-electron chi connectivity index (χ3n) is 9.63. The summed E-state index contributed by atoms with van der Waals surface area (Å²) in [5, 5.41) is 4.66. The fraction of sp³-hybridized carbons (Fsp3) is 0. The maximum atomic E-state index is 5.18. The van der Waals surface area contributed by atoms with Crippen molar-refractivity contribution in [1.29, 1.82) is 0 Å². The first-order valence-electron chi connectivity index (χ1n) is 16.9. The van der Waals surface area contributed by atoms with Gasteiger partial charge in [0.05, 0.1) is 22.1 Å². The van der Waals surface area contributed by atoms with Crippen molar-refractivity contribution in [1.82, 2.24) is 24.1 Å². The molecule has 6 heteroatoms. The van der Waals surface area contributed by atoms with E-state index in [1.807, 2.05) is 24.3 Å². The molecule has 10 rings (SSSR count). The predicted octanol–water partition coefficient (Wildman–Crippen LogP) is 11.8. The summed E-state index contributed by atoms with van der Waals surface area (Å²) in [5.74, 6) is 1.88. The topological polar surface area (TPSA) is 48.5 Å². The third-order valence-corrected chi connectivity index (χ3v) is 10.2. The SMILES string of the molecule is Brc1ccc(-c2nc(-c3ccc4c(c3)c3ccccc3n4-c3ccccc3)nc(-c3ccc4c(c3)c3ccccc3n4-c3ccccc3)n2)cc1. The molecule has 0 aliphatic carbocycles. The van der Waals surface area contributed by atoms with Crippen molar-refractivity contribution in [2.75, 3.05) is 0 Å². The number of hydrogen-bond donors (Lipinski definition) is 0. The van der Waals surface area contributed by atoms with Crippen LogP contribution in [0.1, 0.15) is 0 Å². The third kappa shape index (κ3) is 4.95. The van der Waals surface area contributed by atoms with E-state index >= 15 is 0 Å². The van der Waals surface area contributed by atoms with Gasteiger partial charge in [-0.2, -0.15) is 0 Å². The Morgan fingerprint density at radius 2 is 0.706 bits per heavy atom. The first kappa shape index (κ1) is 29.5. The number of fused-ring (bicyclic) bond motifs is 6. The minimum Gasteiger partial charge on any atom is -0.309 e. The number of para-hydroxylation sites is 4. The van der Waals surface area contributed by atoms with Crippen molar-refractivity contribution >= 4 is 59.5 Å². The Kier molecular flexibility index (Phi) is 6.89. The number of halogens is 1. The van der Waals surface area contributed by atoms with E-state index in [4.69, 9.17) is 15.0 Å². The van der Waals surface area contributed by atoms with Crippen molar-refractivity contribution in [3.8, 4) is 45.5 Å². The highest BCUT2D eigenvalue weighted by Gasteiger charge is 2.18. The van der Waals surface area contributed by atoms with Crippen molar-refractivity contribution < 1.29 is 0 Å². The van der Waals surface area contributed by atoms with Crippen molar-refractivity contribution in [2.45, 2.75) is 0 Å². The van der Waals surface area contributed by atoms with Crippen molar-refractivity contribution in [2.24, 2.45) is 0 Å². The predicted molar refractivity (Wildman–Crippen MR) is 213 cm³/mol. The second kappa shape index (κ2) is 11.9. The molecule has 0 spiro atoms.